The Labute approximate surface area is 104 Å². The molecule has 16 heavy (non-hydrogen) atoms. The quantitative estimate of drug-likeness (QED) is 0.755. The third-order valence-electron chi connectivity index (χ3n) is 2.69. The summed E-state index contributed by atoms with van der Waals surface area (Å²) in [4.78, 5) is 1.96. The van der Waals surface area contributed by atoms with Crippen LogP contribution < -0.4 is 4.90 Å². The topological polar surface area (TPSA) is 52.8 Å². The van der Waals surface area contributed by atoms with Crippen molar-refractivity contribution < 1.29 is 0 Å². The summed E-state index contributed by atoms with van der Waals surface area (Å²) in [5, 5.41) is 17.9. The van der Waals surface area contributed by atoms with Crippen molar-refractivity contribution in [2.24, 2.45) is 5.41 Å². The van der Waals surface area contributed by atoms with Gasteiger partial charge in [0.1, 0.15) is 0 Å². The molecule has 0 aromatic carbocycles. The number of nitrogens with zero attached hydrogens (tertiary/aromatic N) is 4. The number of rotatable bonds is 5. The normalized spacial score (nSPS) is 16.8. The van der Waals surface area contributed by atoms with Crippen LogP contribution in [0.4, 0.5) is 5.13 Å². The van der Waals surface area contributed by atoms with Crippen LogP contribution in [0, 0.1) is 16.7 Å². The molecule has 0 atom stereocenters. The molecule has 1 saturated carbocycles. The van der Waals surface area contributed by atoms with Gasteiger partial charge in [-0.25, -0.2) is 0 Å². The van der Waals surface area contributed by atoms with Crippen LogP contribution >= 0.6 is 23.1 Å². The third kappa shape index (κ3) is 2.66. The van der Waals surface area contributed by atoms with Gasteiger partial charge in [0.2, 0.25) is 5.13 Å². The van der Waals surface area contributed by atoms with E-state index in [-0.39, 0.29) is 5.41 Å². The van der Waals surface area contributed by atoms with Crippen LogP contribution in [0.2, 0.25) is 0 Å². The molecule has 4 nitrogen and oxygen atoms in total. The fourth-order valence-electron chi connectivity index (χ4n) is 1.37. The maximum atomic E-state index is 8.72. The monoisotopic (exact) mass is 254 g/mol. The van der Waals surface area contributed by atoms with Crippen molar-refractivity contribution >= 4 is 28.2 Å². The van der Waals surface area contributed by atoms with Gasteiger partial charge < -0.3 is 4.90 Å². The van der Waals surface area contributed by atoms with Crippen molar-refractivity contribution in [3.8, 4) is 6.07 Å². The molecule has 0 aliphatic heterocycles. The predicted molar refractivity (Wildman–Crippen MR) is 66.9 cm³/mol. The molecule has 0 unspecified atom stereocenters. The van der Waals surface area contributed by atoms with Crippen molar-refractivity contribution in [3.05, 3.63) is 0 Å². The number of hydrogen-bond acceptors (Lipinski definition) is 6. The summed E-state index contributed by atoms with van der Waals surface area (Å²) < 4.78 is 1.01. The lowest BCUT2D eigenvalue weighted by atomic mass is 10.1. The van der Waals surface area contributed by atoms with Crippen LogP contribution in [0.3, 0.4) is 0 Å². The van der Waals surface area contributed by atoms with E-state index in [0.717, 1.165) is 15.2 Å². The van der Waals surface area contributed by atoms with E-state index in [1.165, 1.54) is 12.8 Å². The second kappa shape index (κ2) is 4.60. The number of nitriles is 1. The van der Waals surface area contributed by atoms with Crippen LogP contribution in [-0.2, 0) is 0 Å². The second-order valence-electron chi connectivity index (χ2n) is 4.37. The smallest absolute Gasteiger partial charge is 0.208 e. The highest BCUT2D eigenvalue weighted by Crippen LogP contribution is 2.51. The lowest BCUT2D eigenvalue weighted by molar-refractivity contribution is 0.604. The average molecular weight is 254 g/mol. The Morgan fingerprint density at radius 2 is 2.25 bits per heavy atom. The molecule has 0 saturated heterocycles. The summed E-state index contributed by atoms with van der Waals surface area (Å²) in [7, 11) is 3.93. The zero-order valence-electron chi connectivity index (χ0n) is 9.43. The summed E-state index contributed by atoms with van der Waals surface area (Å²) in [6.07, 6.45) is 3.05. The van der Waals surface area contributed by atoms with Gasteiger partial charge in [-0.3, -0.25) is 0 Å². The van der Waals surface area contributed by atoms with Gasteiger partial charge in [-0.15, -0.1) is 10.2 Å². The minimum Gasteiger partial charge on any atom is -0.353 e. The number of aromatic nitrogens is 2. The van der Waals surface area contributed by atoms with Crippen molar-refractivity contribution in [3.63, 3.8) is 0 Å². The van der Waals surface area contributed by atoms with Crippen molar-refractivity contribution in [1.29, 1.82) is 5.26 Å². The van der Waals surface area contributed by atoms with E-state index in [4.69, 9.17) is 5.26 Å². The molecule has 1 aromatic heterocycles. The van der Waals surface area contributed by atoms with Gasteiger partial charge in [-0.2, -0.15) is 5.26 Å². The molecule has 1 aliphatic carbocycles. The van der Waals surface area contributed by atoms with Crippen molar-refractivity contribution in [2.45, 2.75) is 23.6 Å². The first-order chi connectivity index (χ1) is 7.65. The van der Waals surface area contributed by atoms with Gasteiger partial charge in [0.25, 0.3) is 0 Å². The summed E-state index contributed by atoms with van der Waals surface area (Å²) in [5.74, 6) is 1.00. The number of anilines is 1. The Hall–Kier alpha value is -0.800. The first-order valence-corrected chi connectivity index (χ1v) is 6.96. The third-order valence-corrected chi connectivity index (χ3v) is 5.27. The molecule has 1 aromatic rings. The summed E-state index contributed by atoms with van der Waals surface area (Å²) in [5.41, 5.74) is 0.281. The molecule has 0 N–H and O–H groups in total. The van der Waals surface area contributed by atoms with Crippen molar-refractivity contribution in [2.75, 3.05) is 24.7 Å². The first kappa shape index (κ1) is 11.7. The largest absolute Gasteiger partial charge is 0.353 e. The van der Waals surface area contributed by atoms with Crippen LogP contribution in [-0.4, -0.2) is 30.0 Å². The van der Waals surface area contributed by atoms with E-state index in [9.17, 15) is 0 Å². The van der Waals surface area contributed by atoms with Crippen LogP contribution in [0.5, 0.6) is 0 Å². The first-order valence-electron chi connectivity index (χ1n) is 5.16. The molecule has 0 amide bonds. The average Bonchev–Trinajstić information content (AvgIpc) is 2.84. The zero-order valence-corrected chi connectivity index (χ0v) is 11.1. The van der Waals surface area contributed by atoms with Gasteiger partial charge in [0, 0.05) is 26.3 Å². The molecule has 6 heteroatoms. The molecule has 1 heterocycles. The van der Waals surface area contributed by atoms with Crippen LogP contribution in [0.25, 0.3) is 0 Å². The minimum absolute atomic E-state index is 0.281. The molecule has 86 valence electrons. The Kier molecular flexibility index (Phi) is 3.36. The summed E-state index contributed by atoms with van der Waals surface area (Å²) >= 11 is 3.35. The minimum atomic E-state index is 0.281. The molecule has 1 fully saturated rings. The van der Waals surface area contributed by atoms with Crippen LogP contribution in [0.15, 0.2) is 4.34 Å². The number of hydrogen-bond donors (Lipinski definition) is 0. The van der Waals surface area contributed by atoms with Gasteiger partial charge in [0.15, 0.2) is 4.34 Å². The lowest BCUT2D eigenvalue weighted by Crippen LogP contribution is -2.07. The van der Waals surface area contributed by atoms with E-state index < -0.39 is 0 Å². The zero-order chi connectivity index (χ0) is 11.6. The molecule has 1 aliphatic rings. The Bertz CT molecular complexity index is 403. The predicted octanol–water partition coefficient (Wildman–Crippen LogP) is 2.39. The SMILES string of the molecule is CN(C)c1nnc(SCC2(CC#N)CC2)s1. The molecule has 0 radical (unpaired) electrons. The fourth-order valence-corrected chi connectivity index (χ4v) is 3.43. The molecule has 0 bridgehead atoms. The van der Waals surface area contributed by atoms with Gasteiger partial charge in [-0.1, -0.05) is 23.1 Å². The maximum absolute atomic E-state index is 8.72. The highest BCUT2D eigenvalue weighted by Gasteiger charge is 2.42. The molecular weight excluding hydrogens is 240 g/mol. The van der Waals surface area contributed by atoms with E-state index in [1.54, 1.807) is 23.1 Å². The lowest BCUT2D eigenvalue weighted by Gasteiger charge is -2.07. The Morgan fingerprint density at radius 3 is 2.75 bits per heavy atom. The van der Waals surface area contributed by atoms with Crippen molar-refractivity contribution in [1.82, 2.24) is 10.2 Å². The van der Waals surface area contributed by atoms with Crippen LogP contribution in [0.1, 0.15) is 19.3 Å². The fraction of sp³-hybridized carbons (Fsp3) is 0.700. The highest BCUT2D eigenvalue weighted by molar-refractivity contribution is 8.01. The Morgan fingerprint density at radius 1 is 1.50 bits per heavy atom. The van der Waals surface area contributed by atoms with E-state index in [2.05, 4.69) is 16.3 Å². The van der Waals surface area contributed by atoms with E-state index in [0.29, 0.717) is 6.42 Å². The Balaban J connectivity index is 1.88. The summed E-state index contributed by atoms with van der Waals surface area (Å²) in [6.45, 7) is 0. The molecule has 2 rings (SSSR count). The van der Waals surface area contributed by atoms with Gasteiger partial charge in [-0.05, 0) is 18.3 Å². The standard InChI is InChI=1S/C10H14N4S2/c1-14(2)8-12-13-9(16-8)15-7-10(3-4-10)5-6-11/h3-5,7H2,1-2H3. The maximum Gasteiger partial charge on any atom is 0.208 e. The number of thioether (sulfide) groups is 1. The van der Waals surface area contributed by atoms with Gasteiger partial charge >= 0.3 is 0 Å². The summed E-state index contributed by atoms with van der Waals surface area (Å²) in [6, 6.07) is 2.28. The molecule has 0 spiro atoms. The molecular formula is C10H14N4S2. The van der Waals surface area contributed by atoms with E-state index >= 15 is 0 Å². The van der Waals surface area contributed by atoms with E-state index in [1.807, 2.05) is 19.0 Å². The van der Waals surface area contributed by atoms with Gasteiger partial charge in [0.05, 0.1) is 6.07 Å². The highest BCUT2D eigenvalue weighted by atomic mass is 32.2. The second-order valence-corrected chi connectivity index (χ2v) is 6.55.